The van der Waals surface area contributed by atoms with Crippen molar-refractivity contribution in [3.05, 3.63) is 35.1 Å². The average Bonchev–Trinajstić information content (AvgIpc) is 2.30. The van der Waals surface area contributed by atoms with Crippen molar-refractivity contribution in [1.82, 2.24) is 0 Å². The molecule has 0 aliphatic heterocycles. The molecular weight excluding hydrogens is 215 g/mol. The Kier molecular flexibility index (Phi) is 6.71. The summed E-state index contributed by atoms with van der Waals surface area (Å²) in [7, 11) is 0. The lowest BCUT2D eigenvalue weighted by atomic mass is 9.96. The van der Waals surface area contributed by atoms with Gasteiger partial charge >= 0.3 is 0 Å². The van der Waals surface area contributed by atoms with Crippen LogP contribution in [0.15, 0.2) is 18.2 Å². The molecule has 17 heavy (non-hydrogen) atoms. The zero-order valence-corrected chi connectivity index (χ0v) is 11.7. The van der Waals surface area contributed by atoms with Crippen LogP contribution in [0.1, 0.15) is 63.4 Å². The number of rotatable bonds is 3. The van der Waals surface area contributed by atoms with Gasteiger partial charge < -0.3 is 0 Å². The summed E-state index contributed by atoms with van der Waals surface area (Å²) in [5.41, 5.74) is 1.13. The molecule has 0 bridgehead atoms. The lowest BCUT2D eigenvalue weighted by Gasteiger charge is -2.09. The Morgan fingerprint density at radius 1 is 1.12 bits per heavy atom. The highest BCUT2D eigenvalue weighted by molar-refractivity contribution is 5.97. The van der Waals surface area contributed by atoms with Gasteiger partial charge in [-0.15, -0.1) is 0 Å². The van der Waals surface area contributed by atoms with Crippen LogP contribution in [0.2, 0.25) is 0 Å². The predicted octanol–water partition coefficient (Wildman–Crippen LogP) is 4.81. The Bertz CT molecular complexity index is 367. The van der Waals surface area contributed by atoms with Crippen molar-refractivity contribution < 1.29 is 9.18 Å². The Labute approximate surface area is 104 Å². The van der Waals surface area contributed by atoms with Gasteiger partial charge in [-0.05, 0) is 23.6 Å². The minimum Gasteiger partial charge on any atom is -0.294 e. The summed E-state index contributed by atoms with van der Waals surface area (Å²) in [4.78, 5) is 11.6. The van der Waals surface area contributed by atoms with E-state index in [0.717, 1.165) is 5.56 Å². The van der Waals surface area contributed by atoms with Gasteiger partial charge in [-0.2, -0.15) is 0 Å². The molecule has 0 radical (unpaired) electrons. The second kappa shape index (κ2) is 7.21. The maximum Gasteiger partial charge on any atom is 0.168 e. The smallest absolute Gasteiger partial charge is 0.168 e. The van der Waals surface area contributed by atoms with Crippen molar-refractivity contribution in [2.24, 2.45) is 5.92 Å². The molecule has 0 N–H and O–H groups in total. The molecular formula is C15H23FO. The summed E-state index contributed by atoms with van der Waals surface area (Å²) >= 11 is 0. The summed E-state index contributed by atoms with van der Waals surface area (Å²) in [5, 5.41) is 0. The first-order chi connectivity index (χ1) is 7.93. The number of benzene rings is 1. The summed E-state index contributed by atoms with van der Waals surface area (Å²) in [5.74, 6) is -0.421. The fourth-order valence-electron chi connectivity index (χ4n) is 1.40. The van der Waals surface area contributed by atoms with Crippen LogP contribution >= 0.6 is 0 Å². The standard InChI is InChI=1S/C13H17FO.C2H6/c1-8(2)10-5-6-11(12(14)7-10)13(15)9(3)4;1-2/h5-9H,1-4H3;1-2H3. The number of halogens is 1. The highest BCUT2D eigenvalue weighted by Crippen LogP contribution is 2.19. The van der Waals surface area contributed by atoms with Crippen LogP contribution < -0.4 is 0 Å². The zero-order valence-electron chi connectivity index (χ0n) is 11.7. The molecule has 0 saturated heterocycles. The molecule has 0 aromatic heterocycles. The number of hydrogen-bond acceptors (Lipinski definition) is 1. The molecule has 96 valence electrons. The zero-order chi connectivity index (χ0) is 13.6. The molecule has 0 atom stereocenters. The summed E-state index contributed by atoms with van der Waals surface area (Å²) < 4.78 is 13.6. The third kappa shape index (κ3) is 4.29. The quantitative estimate of drug-likeness (QED) is 0.690. The highest BCUT2D eigenvalue weighted by Gasteiger charge is 2.15. The van der Waals surface area contributed by atoms with Crippen molar-refractivity contribution in [2.45, 2.75) is 47.5 Å². The van der Waals surface area contributed by atoms with Gasteiger partial charge in [0.1, 0.15) is 5.82 Å². The van der Waals surface area contributed by atoms with E-state index in [-0.39, 0.29) is 23.2 Å². The maximum absolute atomic E-state index is 13.6. The van der Waals surface area contributed by atoms with Crippen molar-refractivity contribution in [3.63, 3.8) is 0 Å². The molecule has 0 spiro atoms. The maximum atomic E-state index is 13.6. The molecule has 1 rings (SSSR count). The fourth-order valence-corrected chi connectivity index (χ4v) is 1.40. The van der Waals surface area contributed by atoms with Gasteiger partial charge in [-0.1, -0.05) is 47.6 Å². The first kappa shape index (κ1) is 15.8. The minimum absolute atomic E-state index is 0.136. The number of carbonyl (C=O) groups is 1. The molecule has 0 saturated carbocycles. The van der Waals surface area contributed by atoms with E-state index in [4.69, 9.17) is 0 Å². The second-order valence-corrected chi connectivity index (χ2v) is 4.41. The molecule has 0 heterocycles. The SMILES string of the molecule is CC.CC(C)C(=O)c1ccc(C(C)C)cc1F. The molecule has 0 unspecified atom stereocenters. The minimum atomic E-state index is -0.403. The molecule has 0 amide bonds. The van der Waals surface area contributed by atoms with Crippen molar-refractivity contribution in [1.29, 1.82) is 0 Å². The summed E-state index contributed by atoms with van der Waals surface area (Å²) in [6, 6.07) is 4.87. The first-order valence-electron chi connectivity index (χ1n) is 6.27. The molecule has 1 aromatic rings. The van der Waals surface area contributed by atoms with Crippen molar-refractivity contribution in [2.75, 3.05) is 0 Å². The predicted molar refractivity (Wildman–Crippen MR) is 71.0 cm³/mol. The third-order valence-corrected chi connectivity index (χ3v) is 2.45. The number of hydrogen-bond donors (Lipinski definition) is 0. The molecule has 1 aromatic carbocycles. The van der Waals surface area contributed by atoms with Crippen LogP contribution in [-0.4, -0.2) is 5.78 Å². The number of Topliss-reactive ketones (excluding diaryl/α,β-unsaturated/α-hetero) is 1. The van der Waals surface area contributed by atoms with E-state index in [0.29, 0.717) is 0 Å². The largest absolute Gasteiger partial charge is 0.294 e. The van der Waals surface area contributed by atoms with Crippen molar-refractivity contribution >= 4 is 5.78 Å². The van der Waals surface area contributed by atoms with Crippen molar-refractivity contribution in [3.8, 4) is 0 Å². The lowest BCUT2D eigenvalue weighted by Crippen LogP contribution is -2.10. The Morgan fingerprint density at radius 3 is 2.00 bits per heavy atom. The van der Waals surface area contributed by atoms with Crippen LogP contribution in [0, 0.1) is 11.7 Å². The van der Waals surface area contributed by atoms with Gasteiger partial charge in [-0.25, -0.2) is 4.39 Å². The van der Waals surface area contributed by atoms with Crippen LogP contribution in [0.4, 0.5) is 4.39 Å². The van der Waals surface area contributed by atoms with Gasteiger partial charge in [0.05, 0.1) is 5.56 Å². The van der Waals surface area contributed by atoms with Crippen LogP contribution in [0.3, 0.4) is 0 Å². The number of carbonyl (C=O) groups excluding carboxylic acids is 1. The van der Waals surface area contributed by atoms with Gasteiger partial charge in [-0.3, -0.25) is 4.79 Å². The topological polar surface area (TPSA) is 17.1 Å². The van der Waals surface area contributed by atoms with Gasteiger partial charge in [0, 0.05) is 5.92 Å². The molecule has 0 fully saturated rings. The fraction of sp³-hybridized carbons (Fsp3) is 0.533. The van der Waals surface area contributed by atoms with E-state index in [9.17, 15) is 9.18 Å². The average molecular weight is 238 g/mol. The molecule has 1 nitrogen and oxygen atoms in total. The van der Waals surface area contributed by atoms with E-state index in [1.54, 1.807) is 19.9 Å². The molecule has 0 aliphatic rings. The Morgan fingerprint density at radius 2 is 1.65 bits per heavy atom. The molecule has 0 aliphatic carbocycles. The summed E-state index contributed by atoms with van der Waals surface area (Å²) in [6.07, 6.45) is 0. The van der Waals surface area contributed by atoms with Crippen LogP contribution in [0.5, 0.6) is 0 Å². The monoisotopic (exact) mass is 238 g/mol. The van der Waals surface area contributed by atoms with E-state index >= 15 is 0 Å². The first-order valence-corrected chi connectivity index (χ1v) is 6.27. The normalized spacial score (nSPS) is 10.2. The van der Waals surface area contributed by atoms with Crippen LogP contribution in [-0.2, 0) is 0 Å². The Balaban J connectivity index is 0.00000121. The van der Waals surface area contributed by atoms with Gasteiger partial charge in [0.2, 0.25) is 0 Å². The van der Waals surface area contributed by atoms with E-state index < -0.39 is 5.82 Å². The van der Waals surface area contributed by atoms with Gasteiger partial charge in [0.15, 0.2) is 5.78 Å². The van der Waals surface area contributed by atoms with E-state index in [1.807, 2.05) is 33.8 Å². The Hall–Kier alpha value is -1.18. The lowest BCUT2D eigenvalue weighted by molar-refractivity contribution is 0.0935. The van der Waals surface area contributed by atoms with Crippen LogP contribution in [0.25, 0.3) is 0 Å². The summed E-state index contributed by atoms with van der Waals surface area (Å²) in [6.45, 7) is 11.5. The second-order valence-electron chi connectivity index (χ2n) is 4.41. The third-order valence-electron chi connectivity index (χ3n) is 2.45. The van der Waals surface area contributed by atoms with E-state index in [2.05, 4.69) is 0 Å². The van der Waals surface area contributed by atoms with Gasteiger partial charge in [0.25, 0.3) is 0 Å². The highest BCUT2D eigenvalue weighted by atomic mass is 19.1. The van der Waals surface area contributed by atoms with E-state index in [1.165, 1.54) is 6.07 Å². The number of ketones is 1. The molecule has 2 heteroatoms.